The second-order valence-corrected chi connectivity index (χ2v) is 4.39. The average molecular weight is 262 g/mol. The van der Waals surface area contributed by atoms with E-state index in [1.165, 1.54) is 13.8 Å². The summed E-state index contributed by atoms with van der Waals surface area (Å²) in [4.78, 5) is 33.9. The molecule has 0 aromatic heterocycles. The van der Waals surface area contributed by atoms with Crippen LogP contribution in [-0.4, -0.2) is 24.1 Å². The maximum atomic E-state index is 12.1. The predicted molar refractivity (Wildman–Crippen MR) is 73.1 cm³/mol. The van der Waals surface area contributed by atoms with Gasteiger partial charge in [-0.3, -0.25) is 14.4 Å². The second-order valence-electron chi connectivity index (χ2n) is 4.39. The molecule has 0 radical (unpaired) electrons. The van der Waals surface area contributed by atoms with Gasteiger partial charge in [0.15, 0.2) is 5.78 Å². The molecule has 19 heavy (non-hydrogen) atoms. The molecule has 1 aromatic carbocycles. The third-order valence-electron chi connectivity index (χ3n) is 2.51. The van der Waals surface area contributed by atoms with Crippen molar-refractivity contribution >= 4 is 23.3 Å². The van der Waals surface area contributed by atoms with Crippen LogP contribution < -0.4 is 10.6 Å². The number of Topliss-reactive ketones (excluding diaryl/α,β-unsaturated/α-hetero) is 1. The zero-order valence-corrected chi connectivity index (χ0v) is 11.4. The Labute approximate surface area is 112 Å². The number of aryl methyl sites for hydroxylation is 1. The zero-order chi connectivity index (χ0) is 14.4. The molecule has 1 aromatic rings. The lowest BCUT2D eigenvalue weighted by atomic mass is 10.0. The third kappa shape index (κ3) is 4.91. The van der Waals surface area contributed by atoms with E-state index >= 15 is 0 Å². The highest BCUT2D eigenvalue weighted by molar-refractivity contribution is 6.04. The lowest BCUT2D eigenvalue weighted by molar-refractivity contribution is -0.119. The highest BCUT2D eigenvalue weighted by atomic mass is 16.2. The molecule has 0 heterocycles. The molecule has 0 aliphatic heterocycles. The van der Waals surface area contributed by atoms with Gasteiger partial charge in [0, 0.05) is 32.4 Å². The van der Waals surface area contributed by atoms with Crippen LogP contribution in [0.3, 0.4) is 0 Å². The normalized spacial score (nSPS) is 9.84. The molecule has 0 aliphatic carbocycles. The van der Waals surface area contributed by atoms with E-state index in [0.29, 0.717) is 17.8 Å². The first kappa shape index (κ1) is 14.9. The highest BCUT2D eigenvalue weighted by Gasteiger charge is 2.12. The van der Waals surface area contributed by atoms with E-state index < -0.39 is 0 Å². The number of carbonyl (C=O) groups is 3. The first-order valence-corrected chi connectivity index (χ1v) is 6.06. The van der Waals surface area contributed by atoms with Gasteiger partial charge in [0.05, 0.1) is 5.69 Å². The number of hydrogen-bond donors (Lipinski definition) is 2. The van der Waals surface area contributed by atoms with E-state index in [9.17, 15) is 14.4 Å². The Morgan fingerprint density at radius 3 is 2.37 bits per heavy atom. The Hall–Kier alpha value is -2.17. The smallest absolute Gasteiger partial charge is 0.221 e. The Balaban J connectivity index is 2.84. The number of anilines is 1. The third-order valence-corrected chi connectivity index (χ3v) is 2.51. The average Bonchev–Trinajstić information content (AvgIpc) is 2.30. The van der Waals surface area contributed by atoms with Gasteiger partial charge in [0.1, 0.15) is 0 Å². The van der Waals surface area contributed by atoms with Crippen LogP contribution in [0.25, 0.3) is 0 Å². The van der Waals surface area contributed by atoms with Gasteiger partial charge >= 0.3 is 0 Å². The fraction of sp³-hybridized carbons (Fsp3) is 0.357. The van der Waals surface area contributed by atoms with Gasteiger partial charge in [0.25, 0.3) is 0 Å². The molecular weight excluding hydrogens is 244 g/mol. The Kier molecular flexibility index (Phi) is 5.23. The summed E-state index contributed by atoms with van der Waals surface area (Å²) in [7, 11) is 0. The number of rotatable bonds is 5. The van der Waals surface area contributed by atoms with Gasteiger partial charge in [0.2, 0.25) is 11.8 Å². The SMILES string of the molecule is CC(=O)NCCC(=O)c1cc(C)ccc1NC(C)=O. The van der Waals surface area contributed by atoms with Crippen LogP contribution in [0.4, 0.5) is 5.69 Å². The number of nitrogens with one attached hydrogen (secondary N) is 2. The van der Waals surface area contributed by atoms with E-state index in [1.54, 1.807) is 12.1 Å². The van der Waals surface area contributed by atoms with Crippen LogP contribution in [0.15, 0.2) is 18.2 Å². The topological polar surface area (TPSA) is 75.3 Å². The van der Waals surface area contributed by atoms with Gasteiger partial charge in [-0.25, -0.2) is 0 Å². The summed E-state index contributed by atoms with van der Waals surface area (Å²) in [5.41, 5.74) is 1.92. The van der Waals surface area contributed by atoms with Crippen molar-refractivity contribution in [1.82, 2.24) is 5.32 Å². The van der Waals surface area contributed by atoms with E-state index in [-0.39, 0.29) is 24.0 Å². The van der Waals surface area contributed by atoms with Gasteiger partial charge in [-0.1, -0.05) is 11.6 Å². The zero-order valence-electron chi connectivity index (χ0n) is 11.4. The van der Waals surface area contributed by atoms with Crippen LogP contribution in [0, 0.1) is 6.92 Å². The first-order valence-electron chi connectivity index (χ1n) is 6.06. The number of carbonyl (C=O) groups excluding carboxylic acids is 3. The van der Waals surface area contributed by atoms with Crippen LogP contribution >= 0.6 is 0 Å². The Morgan fingerprint density at radius 2 is 1.79 bits per heavy atom. The summed E-state index contributed by atoms with van der Waals surface area (Å²) in [6, 6.07) is 5.28. The fourth-order valence-corrected chi connectivity index (χ4v) is 1.67. The van der Waals surface area contributed by atoms with Crippen molar-refractivity contribution in [2.45, 2.75) is 27.2 Å². The molecular formula is C14H18N2O3. The van der Waals surface area contributed by atoms with Crippen LogP contribution in [-0.2, 0) is 9.59 Å². The standard InChI is InChI=1S/C14H18N2O3/c1-9-4-5-13(16-11(3)18)12(8-9)14(19)6-7-15-10(2)17/h4-5,8H,6-7H2,1-3H3,(H,15,17)(H,16,18). The van der Waals surface area contributed by atoms with Crippen molar-refractivity contribution in [3.63, 3.8) is 0 Å². The van der Waals surface area contributed by atoms with Gasteiger partial charge in [-0.05, 0) is 19.1 Å². The van der Waals surface area contributed by atoms with Gasteiger partial charge < -0.3 is 10.6 Å². The van der Waals surface area contributed by atoms with Crippen molar-refractivity contribution < 1.29 is 14.4 Å². The summed E-state index contributed by atoms with van der Waals surface area (Å²) in [6.45, 7) is 4.97. The van der Waals surface area contributed by atoms with Crippen molar-refractivity contribution in [2.24, 2.45) is 0 Å². The number of ketones is 1. The largest absolute Gasteiger partial charge is 0.356 e. The summed E-state index contributed by atoms with van der Waals surface area (Å²) in [5, 5.41) is 5.21. The van der Waals surface area contributed by atoms with Crippen LogP contribution in [0.1, 0.15) is 36.2 Å². The molecule has 0 spiro atoms. The molecule has 0 atom stereocenters. The maximum Gasteiger partial charge on any atom is 0.221 e. The lowest BCUT2D eigenvalue weighted by Crippen LogP contribution is -2.23. The summed E-state index contributed by atoms with van der Waals surface area (Å²) < 4.78 is 0. The molecule has 0 unspecified atom stereocenters. The minimum absolute atomic E-state index is 0.110. The molecule has 2 N–H and O–H groups in total. The Morgan fingerprint density at radius 1 is 1.11 bits per heavy atom. The summed E-state index contributed by atoms with van der Waals surface area (Å²) >= 11 is 0. The van der Waals surface area contributed by atoms with Crippen molar-refractivity contribution in [3.8, 4) is 0 Å². The molecule has 0 saturated carbocycles. The molecule has 0 bridgehead atoms. The van der Waals surface area contributed by atoms with Crippen LogP contribution in [0.2, 0.25) is 0 Å². The van der Waals surface area contributed by atoms with E-state index in [0.717, 1.165) is 5.56 Å². The lowest BCUT2D eigenvalue weighted by Gasteiger charge is -2.10. The van der Waals surface area contributed by atoms with E-state index in [2.05, 4.69) is 10.6 Å². The predicted octanol–water partition coefficient (Wildman–Crippen LogP) is 1.66. The first-order chi connectivity index (χ1) is 8.90. The molecule has 102 valence electrons. The number of hydrogen-bond acceptors (Lipinski definition) is 3. The van der Waals surface area contributed by atoms with Gasteiger partial charge in [-0.15, -0.1) is 0 Å². The monoisotopic (exact) mass is 262 g/mol. The minimum Gasteiger partial charge on any atom is -0.356 e. The van der Waals surface area contributed by atoms with Gasteiger partial charge in [-0.2, -0.15) is 0 Å². The molecule has 5 heteroatoms. The van der Waals surface area contributed by atoms with E-state index in [1.807, 2.05) is 13.0 Å². The molecule has 0 aliphatic rings. The molecule has 1 rings (SSSR count). The maximum absolute atomic E-state index is 12.1. The number of benzene rings is 1. The Bertz CT molecular complexity index is 509. The molecule has 0 fully saturated rings. The minimum atomic E-state index is -0.222. The molecule has 5 nitrogen and oxygen atoms in total. The number of amides is 2. The second kappa shape index (κ2) is 6.68. The molecule has 0 saturated heterocycles. The fourth-order valence-electron chi connectivity index (χ4n) is 1.67. The van der Waals surface area contributed by atoms with Crippen molar-refractivity contribution in [2.75, 3.05) is 11.9 Å². The van der Waals surface area contributed by atoms with Crippen molar-refractivity contribution in [3.05, 3.63) is 29.3 Å². The summed E-state index contributed by atoms with van der Waals surface area (Å²) in [6.07, 6.45) is 0.204. The van der Waals surface area contributed by atoms with Crippen LogP contribution in [0.5, 0.6) is 0 Å². The molecule has 2 amide bonds. The quantitative estimate of drug-likeness (QED) is 0.792. The van der Waals surface area contributed by atoms with Crippen molar-refractivity contribution in [1.29, 1.82) is 0 Å². The summed E-state index contributed by atoms with van der Waals surface area (Å²) in [5.74, 6) is -0.500. The highest BCUT2D eigenvalue weighted by Crippen LogP contribution is 2.19. The van der Waals surface area contributed by atoms with E-state index in [4.69, 9.17) is 0 Å².